The van der Waals surface area contributed by atoms with Gasteiger partial charge in [-0.05, 0) is 57.8 Å². The third kappa shape index (κ3) is 30.2. The monoisotopic (exact) mass is 542 g/mol. The van der Waals surface area contributed by atoms with Crippen molar-refractivity contribution in [1.82, 2.24) is 0 Å². The van der Waals surface area contributed by atoms with E-state index in [4.69, 9.17) is 9.47 Å². The number of hydrogen-bond acceptors (Lipinski definition) is 4. The number of hydrogen-bond donors (Lipinski definition) is 1. The highest BCUT2D eigenvalue weighted by Gasteiger charge is 2.13. The van der Waals surface area contributed by atoms with Crippen molar-refractivity contribution in [2.75, 3.05) is 19.8 Å². The maximum absolute atomic E-state index is 12.0. The SMILES string of the molecule is CC/C=C\C/C=C\C/C=C\C/C=C\C/C=C\C/C=C\CCCOCC(CO)OC(=O)CCCCCCCCC. The van der Waals surface area contributed by atoms with Gasteiger partial charge >= 0.3 is 5.97 Å². The number of aliphatic hydroxyl groups excluding tert-OH is 1. The average Bonchev–Trinajstić information content (AvgIpc) is 2.94. The summed E-state index contributed by atoms with van der Waals surface area (Å²) in [7, 11) is 0. The predicted molar refractivity (Wildman–Crippen MR) is 168 cm³/mol. The molecule has 0 spiro atoms. The van der Waals surface area contributed by atoms with Gasteiger partial charge in [-0.15, -0.1) is 0 Å². The van der Waals surface area contributed by atoms with E-state index in [9.17, 15) is 9.90 Å². The van der Waals surface area contributed by atoms with Gasteiger partial charge in [-0.25, -0.2) is 0 Å². The molecule has 1 atom stereocenters. The Morgan fingerprint density at radius 1 is 0.641 bits per heavy atom. The van der Waals surface area contributed by atoms with Gasteiger partial charge in [-0.1, -0.05) is 125 Å². The molecule has 0 radical (unpaired) electrons. The molecule has 0 aliphatic heterocycles. The van der Waals surface area contributed by atoms with Crippen molar-refractivity contribution < 1.29 is 19.4 Å². The summed E-state index contributed by atoms with van der Waals surface area (Å²) in [5, 5.41) is 9.45. The van der Waals surface area contributed by atoms with Gasteiger partial charge in [0.15, 0.2) is 0 Å². The second-order valence-corrected chi connectivity index (χ2v) is 9.80. The van der Waals surface area contributed by atoms with E-state index in [1.165, 1.54) is 32.1 Å². The van der Waals surface area contributed by atoms with Crippen molar-refractivity contribution in [3.8, 4) is 0 Å². The number of carbonyl (C=O) groups excluding carboxylic acids is 1. The zero-order chi connectivity index (χ0) is 28.5. The summed E-state index contributed by atoms with van der Waals surface area (Å²) in [6.07, 6.45) is 42.4. The van der Waals surface area contributed by atoms with Crippen molar-refractivity contribution in [3.05, 3.63) is 72.9 Å². The summed E-state index contributed by atoms with van der Waals surface area (Å²) >= 11 is 0. The van der Waals surface area contributed by atoms with Crippen LogP contribution in [0.3, 0.4) is 0 Å². The van der Waals surface area contributed by atoms with E-state index in [1.807, 2.05) is 0 Å². The van der Waals surface area contributed by atoms with Gasteiger partial charge in [-0.2, -0.15) is 0 Å². The van der Waals surface area contributed by atoms with Crippen LogP contribution < -0.4 is 0 Å². The highest BCUT2D eigenvalue weighted by Crippen LogP contribution is 2.09. The molecule has 0 rings (SSSR count). The van der Waals surface area contributed by atoms with Crippen LogP contribution in [0.25, 0.3) is 0 Å². The molecule has 222 valence electrons. The lowest BCUT2D eigenvalue weighted by Crippen LogP contribution is -2.27. The Balaban J connectivity index is 3.64. The Kier molecular flexibility index (Phi) is 30.3. The fraction of sp³-hybridized carbons (Fsp3) is 0.629. The van der Waals surface area contributed by atoms with Crippen molar-refractivity contribution in [2.24, 2.45) is 0 Å². The lowest BCUT2D eigenvalue weighted by molar-refractivity contribution is -0.154. The smallest absolute Gasteiger partial charge is 0.306 e. The molecule has 1 N–H and O–H groups in total. The molecular formula is C35H58O4. The topological polar surface area (TPSA) is 55.8 Å². The Bertz CT molecular complexity index is 699. The summed E-state index contributed by atoms with van der Waals surface area (Å²) in [6, 6.07) is 0. The minimum absolute atomic E-state index is 0.199. The van der Waals surface area contributed by atoms with Crippen molar-refractivity contribution in [1.29, 1.82) is 0 Å². The molecule has 1 unspecified atom stereocenters. The highest BCUT2D eigenvalue weighted by molar-refractivity contribution is 5.69. The molecule has 4 heteroatoms. The van der Waals surface area contributed by atoms with Crippen molar-refractivity contribution >= 4 is 5.97 Å². The molecule has 0 fully saturated rings. The molecule has 0 aliphatic rings. The second-order valence-electron chi connectivity index (χ2n) is 9.80. The van der Waals surface area contributed by atoms with Crippen LogP contribution in [-0.2, 0) is 14.3 Å². The first kappa shape index (κ1) is 36.8. The zero-order valence-electron chi connectivity index (χ0n) is 25.1. The van der Waals surface area contributed by atoms with E-state index in [-0.39, 0.29) is 19.2 Å². The minimum Gasteiger partial charge on any atom is -0.457 e. The first-order valence-corrected chi connectivity index (χ1v) is 15.5. The van der Waals surface area contributed by atoms with Crippen LogP contribution in [0.1, 0.15) is 117 Å². The Morgan fingerprint density at radius 2 is 1.13 bits per heavy atom. The quantitative estimate of drug-likeness (QED) is 0.0638. The number of aliphatic hydroxyl groups is 1. The lowest BCUT2D eigenvalue weighted by atomic mass is 10.1. The molecule has 0 amide bonds. The van der Waals surface area contributed by atoms with Crippen LogP contribution in [0.2, 0.25) is 0 Å². The molecule has 0 saturated carbocycles. The fourth-order valence-corrected chi connectivity index (χ4v) is 3.75. The zero-order valence-corrected chi connectivity index (χ0v) is 25.1. The van der Waals surface area contributed by atoms with Gasteiger partial charge in [0.1, 0.15) is 6.10 Å². The van der Waals surface area contributed by atoms with Crippen molar-refractivity contribution in [2.45, 2.75) is 123 Å². The van der Waals surface area contributed by atoms with E-state index < -0.39 is 6.10 Å². The second kappa shape index (κ2) is 32.0. The Morgan fingerprint density at radius 3 is 1.64 bits per heavy atom. The highest BCUT2D eigenvalue weighted by atomic mass is 16.6. The van der Waals surface area contributed by atoms with Gasteiger partial charge in [0, 0.05) is 13.0 Å². The Labute approximate surface area is 240 Å². The summed E-state index contributed by atoms with van der Waals surface area (Å²) in [4.78, 5) is 12.0. The van der Waals surface area contributed by atoms with Crippen molar-refractivity contribution in [3.63, 3.8) is 0 Å². The first-order chi connectivity index (χ1) is 19.2. The van der Waals surface area contributed by atoms with Gasteiger partial charge in [-0.3, -0.25) is 4.79 Å². The van der Waals surface area contributed by atoms with Crippen LogP contribution in [0, 0.1) is 0 Å². The number of esters is 1. The number of rotatable bonds is 27. The molecule has 39 heavy (non-hydrogen) atoms. The number of ether oxygens (including phenoxy) is 2. The van der Waals surface area contributed by atoms with Crippen LogP contribution in [0.4, 0.5) is 0 Å². The van der Waals surface area contributed by atoms with Crippen LogP contribution in [0.15, 0.2) is 72.9 Å². The van der Waals surface area contributed by atoms with E-state index in [0.29, 0.717) is 13.0 Å². The Hall–Kier alpha value is -2.17. The van der Waals surface area contributed by atoms with E-state index >= 15 is 0 Å². The molecule has 0 bridgehead atoms. The maximum Gasteiger partial charge on any atom is 0.306 e. The average molecular weight is 543 g/mol. The molecule has 4 nitrogen and oxygen atoms in total. The summed E-state index contributed by atoms with van der Waals surface area (Å²) < 4.78 is 10.9. The molecule has 0 aromatic heterocycles. The lowest BCUT2D eigenvalue weighted by Gasteiger charge is -2.15. The maximum atomic E-state index is 12.0. The largest absolute Gasteiger partial charge is 0.457 e. The standard InChI is InChI=1S/C35H58O4/c1-3-5-7-9-11-12-13-14-15-16-17-18-19-20-21-22-23-25-27-29-31-38-33-34(32-36)39-35(37)30-28-26-24-10-8-6-4-2/h5,7,11-12,14-15,17-18,20-21,23,25,34,36H,3-4,6,8-10,13,16,19,22,24,26-33H2,1-2H3/b7-5-,12-11-,15-14-,18-17-,21-20-,25-23-. The van der Waals surface area contributed by atoms with Crippen LogP contribution >= 0.6 is 0 Å². The van der Waals surface area contributed by atoms with Crippen LogP contribution in [-0.4, -0.2) is 37.0 Å². The van der Waals surface area contributed by atoms with E-state index in [2.05, 4.69) is 86.8 Å². The van der Waals surface area contributed by atoms with Gasteiger partial charge in [0.25, 0.3) is 0 Å². The van der Waals surface area contributed by atoms with Gasteiger partial charge in [0.05, 0.1) is 13.2 Å². The summed E-state index contributed by atoms with van der Waals surface area (Å²) in [6.45, 7) is 5.02. The third-order valence-corrected chi connectivity index (χ3v) is 6.05. The molecule has 0 heterocycles. The fourth-order valence-electron chi connectivity index (χ4n) is 3.75. The number of unbranched alkanes of at least 4 members (excludes halogenated alkanes) is 7. The third-order valence-electron chi connectivity index (χ3n) is 6.05. The van der Waals surface area contributed by atoms with Gasteiger partial charge < -0.3 is 14.6 Å². The number of carbonyl (C=O) groups is 1. The summed E-state index contributed by atoms with van der Waals surface area (Å²) in [5.74, 6) is -0.232. The van der Waals surface area contributed by atoms with Gasteiger partial charge in [0.2, 0.25) is 0 Å². The number of allylic oxidation sites excluding steroid dienone is 12. The normalized spacial score (nSPS) is 13.4. The van der Waals surface area contributed by atoms with E-state index in [0.717, 1.165) is 64.2 Å². The molecule has 0 aromatic carbocycles. The minimum atomic E-state index is -0.562. The van der Waals surface area contributed by atoms with Crippen LogP contribution in [0.5, 0.6) is 0 Å². The molecule has 0 aliphatic carbocycles. The molecule has 0 saturated heterocycles. The predicted octanol–water partition coefficient (Wildman–Crippen LogP) is 9.53. The van der Waals surface area contributed by atoms with E-state index in [1.54, 1.807) is 0 Å². The molecule has 0 aromatic rings. The summed E-state index contributed by atoms with van der Waals surface area (Å²) in [5.41, 5.74) is 0. The molecular weight excluding hydrogens is 484 g/mol. The first-order valence-electron chi connectivity index (χ1n) is 15.5.